The largest absolute Gasteiger partial charge is 0.388 e. The molecule has 1 nitrogen and oxygen atoms in total. The summed E-state index contributed by atoms with van der Waals surface area (Å²) in [6.07, 6.45) is 4.08. The van der Waals surface area contributed by atoms with E-state index in [-0.39, 0.29) is 0 Å². The molecule has 5 aromatic rings. The van der Waals surface area contributed by atoms with Crippen molar-refractivity contribution < 1.29 is 0 Å². The van der Waals surface area contributed by atoms with E-state index in [0.717, 1.165) is 16.8 Å². The van der Waals surface area contributed by atoms with Crippen molar-refractivity contribution in [1.29, 1.82) is 0 Å². The van der Waals surface area contributed by atoms with Crippen molar-refractivity contribution in [1.82, 2.24) is 0 Å². The number of allylic oxidation sites excluding steroid dienone is 3. The van der Waals surface area contributed by atoms with Crippen LogP contribution in [0.5, 0.6) is 0 Å². The molecule has 1 N–H and O–H groups in total. The lowest BCUT2D eigenvalue weighted by Crippen LogP contribution is -1.92. The summed E-state index contributed by atoms with van der Waals surface area (Å²) in [6, 6.07) is 35.0. The zero-order chi connectivity index (χ0) is 22.8. The van der Waals surface area contributed by atoms with E-state index in [1.54, 1.807) is 0 Å². The monoisotopic (exact) mass is 425 g/mol. The Morgan fingerprint density at radius 1 is 0.636 bits per heavy atom. The predicted octanol–water partition coefficient (Wildman–Crippen LogP) is 8.96. The minimum Gasteiger partial charge on any atom is -0.388 e. The van der Waals surface area contributed by atoms with Crippen LogP contribution in [0.2, 0.25) is 0 Å². The van der Waals surface area contributed by atoms with Crippen LogP contribution in [-0.2, 0) is 0 Å². The lowest BCUT2D eigenvalue weighted by atomic mass is 9.85. The second-order valence-corrected chi connectivity index (χ2v) is 8.27. The first-order valence-corrected chi connectivity index (χ1v) is 11.4. The first-order valence-electron chi connectivity index (χ1n) is 11.4. The first-order chi connectivity index (χ1) is 16.2. The fraction of sp³-hybridized carbons (Fsp3) is 0.0625. The van der Waals surface area contributed by atoms with Crippen LogP contribution in [0.25, 0.3) is 49.4 Å². The summed E-state index contributed by atoms with van der Waals surface area (Å²) in [5.41, 5.74) is 8.29. The normalized spacial score (nSPS) is 11.3. The number of rotatable bonds is 5. The van der Waals surface area contributed by atoms with Crippen molar-refractivity contribution in [3.63, 3.8) is 0 Å². The number of fused-ring (bicyclic) bond motifs is 2. The topological polar surface area (TPSA) is 12.0 Å². The quantitative estimate of drug-likeness (QED) is 0.219. The number of hydrogen-bond acceptors (Lipinski definition) is 1. The van der Waals surface area contributed by atoms with Gasteiger partial charge in [0.05, 0.1) is 0 Å². The number of nitrogens with one attached hydrogen (secondary N) is 1. The van der Waals surface area contributed by atoms with Crippen LogP contribution in [0.4, 0.5) is 5.69 Å². The molecule has 5 aromatic carbocycles. The molecule has 0 heterocycles. The Balaban J connectivity index is 1.80. The van der Waals surface area contributed by atoms with E-state index in [4.69, 9.17) is 0 Å². The van der Waals surface area contributed by atoms with Gasteiger partial charge in [0.25, 0.3) is 0 Å². The van der Waals surface area contributed by atoms with Gasteiger partial charge in [-0.15, -0.1) is 0 Å². The third kappa shape index (κ3) is 3.72. The number of anilines is 1. The molecule has 0 spiro atoms. The van der Waals surface area contributed by atoms with Crippen LogP contribution < -0.4 is 5.32 Å². The summed E-state index contributed by atoms with van der Waals surface area (Å²) < 4.78 is 0. The smallest absolute Gasteiger partial charge is 0.0337 e. The molecule has 5 rings (SSSR count). The zero-order valence-electron chi connectivity index (χ0n) is 19.1. The van der Waals surface area contributed by atoms with Crippen LogP contribution in [0, 0.1) is 0 Å². The Labute approximate surface area is 195 Å². The summed E-state index contributed by atoms with van der Waals surface area (Å²) in [4.78, 5) is 0. The summed E-state index contributed by atoms with van der Waals surface area (Å²) >= 11 is 0. The van der Waals surface area contributed by atoms with E-state index in [1.807, 2.05) is 26.1 Å². The highest BCUT2D eigenvalue weighted by atomic mass is 14.8. The summed E-state index contributed by atoms with van der Waals surface area (Å²) in [6.45, 7) is 6.20. The van der Waals surface area contributed by atoms with Gasteiger partial charge >= 0.3 is 0 Å². The van der Waals surface area contributed by atoms with Crippen LogP contribution in [-0.4, -0.2) is 7.05 Å². The Hall–Kier alpha value is -4.10. The van der Waals surface area contributed by atoms with E-state index >= 15 is 0 Å². The first kappa shape index (κ1) is 20.8. The van der Waals surface area contributed by atoms with Gasteiger partial charge in [0.1, 0.15) is 0 Å². The molecule has 0 aliphatic carbocycles. The summed E-state index contributed by atoms with van der Waals surface area (Å²) in [5, 5.41) is 8.29. The van der Waals surface area contributed by atoms with Crippen molar-refractivity contribution in [2.24, 2.45) is 0 Å². The van der Waals surface area contributed by atoms with Gasteiger partial charge in [0.15, 0.2) is 0 Å². The molecule has 0 unspecified atom stereocenters. The van der Waals surface area contributed by atoms with E-state index in [1.165, 1.54) is 43.8 Å². The molecule has 0 radical (unpaired) electrons. The molecule has 0 aromatic heterocycles. The van der Waals surface area contributed by atoms with Crippen molar-refractivity contribution >= 4 is 32.8 Å². The van der Waals surface area contributed by atoms with E-state index in [9.17, 15) is 0 Å². The molecule has 160 valence electrons. The average Bonchev–Trinajstić information content (AvgIpc) is 2.87. The average molecular weight is 426 g/mol. The SMILES string of the molecule is C=C(/C=C\C)c1ccc(-c2c3ccccc3c(-c3ccc(NC)cc3)c3ccccc23)cc1. The summed E-state index contributed by atoms with van der Waals surface area (Å²) in [5.74, 6) is 0. The fourth-order valence-corrected chi connectivity index (χ4v) is 4.70. The second-order valence-electron chi connectivity index (χ2n) is 8.27. The van der Waals surface area contributed by atoms with Crippen molar-refractivity contribution in [2.45, 2.75) is 6.92 Å². The molecule has 0 saturated carbocycles. The maximum absolute atomic E-state index is 4.18. The van der Waals surface area contributed by atoms with Gasteiger partial charge in [-0.1, -0.05) is 104 Å². The van der Waals surface area contributed by atoms with Gasteiger partial charge in [-0.05, 0) is 74.0 Å². The van der Waals surface area contributed by atoms with E-state index < -0.39 is 0 Å². The minimum absolute atomic E-state index is 1.03. The Bertz CT molecular complexity index is 1430. The van der Waals surface area contributed by atoms with Crippen LogP contribution in [0.15, 0.2) is 116 Å². The molecule has 0 amide bonds. The van der Waals surface area contributed by atoms with Crippen molar-refractivity contribution in [3.05, 3.63) is 121 Å². The summed E-state index contributed by atoms with van der Waals surface area (Å²) in [7, 11) is 1.95. The molecule has 0 fully saturated rings. The predicted molar refractivity (Wildman–Crippen MR) is 146 cm³/mol. The van der Waals surface area contributed by atoms with Gasteiger partial charge in [-0.25, -0.2) is 0 Å². The minimum atomic E-state index is 1.03. The molecule has 33 heavy (non-hydrogen) atoms. The van der Waals surface area contributed by atoms with E-state index in [2.05, 4.69) is 109 Å². The molecule has 0 aliphatic rings. The third-order valence-corrected chi connectivity index (χ3v) is 6.31. The highest BCUT2D eigenvalue weighted by Crippen LogP contribution is 2.43. The highest BCUT2D eigenvalue weighted by Gasteiger charge is 2.16. The molecule has 0 bridgehead atoms. The lowest BCUT2D eigenvalue weighted by Gasteiger charge is -2.18. The van der Waals surface area contributed by atoms with Gasteiger partial charge in [0.2, 0.25) is 0 Å². The zero-order valence-corrected chi connectivity index (χ0v) is 19.1. The van der Waals surface area contributed by atoms with Crippen LogP contribution in [0.3, 0.4) is 0 Å². The fourth-order valence-electron chi connectivity index (χ4n) is 4.70. The molecule has 1 heteroatoms. The van der Waals surface area contributed by atoms with E-state index in [0.29, 0.717) is 0 Å². The van der Waals surface area contributed by atoms with Gasteiger partial charge in [-0.3, -0.25) is 0 Å². The van der Waals surface area contributed by atoms with Gasteiger partial charge in [0, 0.05) is 12.7 Å². The Morgan fingerprint density at radius 3 is 1.45 bits per heavy atom. The van der Waals surface area contributed by atoms with Crippen molar-refractivity contribution in [2.75, 3.05) is 12.4 Å². The van der Waals surface area contributed by atoms with Gasteiger partial charge < -0.3 is 5.32 Å². The standard InChI is InChI=1S/C32H27N/c1-4-9-22(2)23-14-16-24(17-15-23)31-27-10-5-7-12-29(27)32(30-13-8-6-11-28(30)31)25-18-20-26(33-3)21-19-25/h4-21,33H,2H2,1,3H3/b9-4-. The maximum atomic E-state index is 4.18. The third-order valence-electron chi connectivity index (χ3n) is 6.31. The number of hydrogen-bond donors (Lipinski definition) is 1. The molecule has 0 atom stereocenters. The van der Waals surface area contributed by atoms with Crippen molar-refractivity contribution in [3.8, 4) is 22.3 Å². The number of benzene rings is 5. The molecule has 0 aliphatic heterocycles. The maximum Gasteiger partial charge on any atom is 0.0337 e. The lowest BCUT2D eigenvalue weighted by molar-refractivity contribution is 1.51. The highest BCUT2D eigenvalue weighted by molar-refractivity contribution is 6.21. The Morgan fingerprint density at radius 2 is 1.06 bits per heavy atom. The Kier molecular flexibility index (Phi) is 5.54. The second kappa shape index (κ2) is 8.80. The molecule has 0 saturated heterocycles. The molecular formula is C32H27N. The van der Waals surface area contributed by atoms with Crippen LogP contribution in [0.1, 0.15) is 12.5 Å². The molecular weight excluding hydrogens is 398 g/mol. The van der Waals surface area contributed by atoms with Gasteiger partial charge in [-0.2, -0.15) is 0 Å². The van der Waals surface area contributed by atoms with Crippen LogP contribution >= 0.6 is 0 Å².